The number of hydrogen-bond acceptors (Lipinski definition) is 4. The summed E-state index contributed by atoms with van der Waals surface area (Å²) in [4.78, 5) is 10.1. The first kappa shape index (κ1) is 13.7. The van der Waals surface area contributed by atoms with Crippen LogP contribution >= 0.6 is 11.6 Å². The zero-order valence-electron chi connectivity index (χ0n) is 9.90. The minimum absolute atomic E-state index is 0.0418. The molecule has 0 heterocycles. The second-order valence-electron chi connectivity index (χ2n) is 4.44. The van der Waals surface area contributed by atoms with E-state index in [-0.39, 0.29) is 11.7 Å². The van der Waals surface area contributed by atoms with Crippen LogP contribution in [0, 0.1) is 10.1 Å². The van der Waals surface area contributed by atoms with Crippen LogP contribution in [-0.4, -0.2) is 21.7 Å². The molecule has 1 unspecified atom stereocenters. The van der Waals surface area contributed by atoms with Crippen molar-refractivity contribution in [2.75, 3.05) is 5.32 Å². The molecule has 1 aromatic rings. The highest BCUT2D eigenvalue weighted by Crippen LogP contribution is 2.28. The van der Waals surface area contributed by atoms with Gasteiger partial charge in [0.2, 0.25) is 0 Å². The Balaban J connectivity index is 2.98. The number of nitrogens with zero attached hydrogens (tertiary/aromatic N) is 1. The Morgan fingerprint density at radius 1 is 1.53 bits per heavy atom. The largest absolute Gasteiger partial charge is 0.388 e. The van der Waals surface area contributed by atoms with E-state index < -0.39 is 10.5 Å². The highest BCUT2D eigenvalue weighted by molar-refractivity contribution is 6.33. The van der Waals surface area contributed by atoms with Crippen LogP contribution in [0.4, 0.5) is 11.4 Å². The van der Waals surface area contributed by atoms with E-state index in [0.717, 1.165) is 0 Å². The summed E-state index contributed by atoms with van der Waals surface area (Å²) in [5.41, 5.74) is -0.552. The molecular formula is C11H15ClN2O3. The standard InChI is InChI=1S/C11H15ClN2O3/c1-7(11(2,3)15)13-10-6-8(14(16)17)4-5-9(10)12/h4-7,13,15H,1-3H3. The summed E-state index contributed by atoms with van der Waals surface area (Å²) < 4.78 is 0. The number of halogens is 1. The number of aliphatic hydroxyl groups is 1. The first-order valence-corrected chi connectivity index (χ1v) is 5.52. The number of nitrogens with one attached hydrogen (secondary N) is 1. The molecule has 2 N–H and O–H groups in total. The second-order valence-corrected chi connectivity index (χ2v) is 4.85. The van der Waals surface area contributed by atoms with Gasteiger partial charge in [0, 0.05) is 12.1 Å². The zero-order chi connectivity index (χ0) is 13.2. The predicted octanol–water partition coefficient (Wildman–Crippen LogP) is 2.82. The van der Waals surface area contributed by atoms with E-state index in [9.17, 15) is 15.2 Å². The molecule has 0 fully saturated rings. The molecule has 17 heavy (non-hydrogen) atoms. The number of nitro groups is 1. The van der Waals surface area contributed by atoms with Crippen LogP contribution in [0.15, 0.2) is 18.2 Å². The molecule has 0 saturated heterocycles. The quantitative estimate of drug-likeness (QED) is 0.643. The van der Waals surface area contributed by atoms with Gasteiger partial charge in [-0.25, -0.2) is 0 Å². The SMILES string of the molecule is CC(Nc1cc([N+](=O)[O-])ccc1Cl)C(C)(C)O. The third kappa shape index (κ3) is 3.57. The Morgan fingerprint density at radius 3 is 2.59 bits per heavy atom. The van der Waals surface area contributed by atoms with Crippen molar-refractivity contribution in [3.8, 4) is 0 Å². The third-order valence-electron chi connectivity index (χ3n) is 2.59. The number of anilines is 1. The van der Waals surface area contributed by atoms with Crippen LogP contribution in [0.2, 0.25) is 5.02 Å². The summed E-state index contributed by atoms with van der Waals surface area (Å²) in [5.74, 6) is 0. The molecule has 1 rings (SSSR count). The summed E-state index contributed by atoms with van der Waals surface area (Å²) >= 11 is 5.93. The van der Waals surface area contributed by atoms with Gasteiger partial charge in [0.1, 0.15) is 0 Å². The van der Waals surface area contributed by atoms with E-state index in [0.29, 0.717) is 10.7 Å². The van der Waals surface area contributed by atoms with E-state index in [4.69, 9.17) is 11.6 Å². The van der Waals surface area contributed by atoms with E-state index >= 15 is 0 Å². The van der Waals surface area contributed by atoms with Crippen LogP contribution in [-0.2, 0) is 0 Å². The summed E-state index contributed by atoms with van der Waals surface area (Å²) in [6, 6.07) is 3.85. The molecule has 94 valence electrons. The molecule has 5 nitrogen and oxygen atoms in total. The third-order valence-corrected chi connectivity index (χ3v) is 2.92. The van der Waals surface area contributed by atoms with Crippen LogP contribution in [0.3, 0.4) is 0 Å². The Morgan fingerprint density at radius 2 is 2.12 bits per heavy atom. The van der Waals surface area contributed by atoms with Gasteiger partial charge in [0.25, 0.3) is 5.69 Å². The first-order chi connectivity index (χ1) is 7.71. The van der Waals surface area contributed by atoms with Crippen LogP contribution in [0.1, 0.15) is 20.8 Å². The Hall–Kier alpha value is -1.33. The second kappa shape index (κ2) is 4.89. The maximum absolute atomic E-state index is 10.6. The van der Waals surface area contributed by atoms with Crippen molar-refractivity contribution in [3.63, 3.8) is 0 Å². The molecule has 0 spiro atoms. The summed E-state index contributed by atoms with van der Waals surface area (Å²) in [6.07, 6.45) is 0. The van der Waals surface area contributed by atoms with Gasteiger partial charge in [-0.2, -0.15) is 0 Å². The number of hydrogen-bond donors (Lipinski definition) is 2. The molecule has 6 heteroatoms. The fourth-order valence-corrected chi connectivity index (χ4v) is 1.32. The summed E-state index contributed by atoms with van der Waals surface area (Å²) in [5, 5.41) is 23.8. The van der Waals surface area contributed by atoms with Crippen LogP contribution < -0.4 is 5.32 Å². The van der Waals surface area contributed by atoms with Crippen molar-refractivity contribution >= 4 is 23.0 Å². The van der Waals surface area contributed by atoms with Crippen LogP contribution in [0.25, 0.3) is 0 Å². The lowest BCUT2D eigenvalue weighted by Crippen LogP contribution is -2.39. The van der Waals surface area contributed by atoms with E-state index in [1.165, 1.54) is 18.2 Å². The van der Waals surface area contributed by atoms with Crippen LogP contribution in [0.5, 0.6) is 0 Å². The smallest absolute Gasteiger partial charge is 0.271 e. The fraction of sp³-hybridized carbons (Fsp3) is 0.455. The highest BCUT2D eigenvalue weighted by atomic mass is 35.5. The monoisotopic (exact) mass is 258 g/mol. The average Bonchev–Trinajstić information content (AvgIpc) is 2.19. The van der Waals surface area contributed by atoms with Gasteiger partial charge in [-0.15, -0.1) is 0 Å². The average molecular weight is 259 g/mol. The fourth-order valence-electron chi connectivity index (χ4n) is 1.15. The number of nitro benzene ring substituents is 1. The molecule has 0 aromatic heterocycles. The van der Waals surface area contributed by atoms with Gasteiger partial charge in [-0.3, -0.25) is 10.1 Å². The minimum atomic E-state index is -0.950. The van der Waals surface area contributed by atoms with Crippen molar-refractivity contribution in [1.82, 2.24) is 0 Å². The molecule has 0 amide bonds. The van der Waals surface area contributed by atoms with Crippen molar-refractivity contribution < 1.29 is 10.0 Å². The molecule has 0 bridgehead atoms. The van der Waals surface area contributed by atoms with Gasteiger partial charge in [0.15, 0.2) is 0 Å². The number of rotatable bonds is 4. The van der Waals surface area contributed by atoms with E-state index in [1.54, 1.807) is 20.8 Å². The van der Waals surface area contributed by atoms with E-state index in [2.05, 4.69) is 5.32 Å². The molecule has 1 atom stereocenters. The summed E-state index contributed by atoms with van der Waals surface area (Å²) in [7, 11) is 0. The minimum Gasteiger partial charge on any atom is -0.388 e. The molecule has 0 saturated carbocycles. The predicted molar refractivity (Wildman–Crippen MR) is 67.5 cm³/mol. The maximum Gasteiger partial charge on any atom is 0.271 e. The van der Waals surface area contributed by atoms with Crippen molar-refractivity contribution in [3.05, 3.63) is 33.3 Å². The van der Waals surface area contributed by atoms with Gasteiger partial charge in [-0.1, -0.05) is 11.6 Å². The molecule has 1 aromatic carbocycles. The summed E-state index contributed by atoms with van der Waals surface area (Å²) in [6.45, 7) is 5.07. The normalized spacial score (nSPS) is 13.2. The molecular weight excluding hydrogens is 244 g/mol. The molecule has 0 aliphatic heterocycles. The van der Waals surface area contributed by atoms with Crippen molar-refractivity contribution in [2.45, 2.75) is 32.4 Å². The van der Waals surface area contributed by atoms with Gasteiger partial charge >= 0.3 is 0 Å². The van der Waals surface area contributed by atoms with Gasteiger partial charge in [0.05, 0.1) is 27.3 Å². The molecule has 0 radical (unpaired) electrons. The molecule has 0 aliphatic rings. The topological polar surface area (TPSA) is 75.4 Å². The lowest BCUT2D eigenvalue weighted by molar-refractivity contribution is -0.384. The highest BCUT2D eigenvalue weighted by Gasteiger charge is 2.23. The lowest BCUT2D eigenvalue weighted by atomic mass is 10.0. The van der Waals surface area contributed by atoms with Gasteiger partial charge in [-0.05, 0) is 26.8 Å². The maximum atomic E-state index is 10.6. The zero-order valence-corrected chi connectivity index (χ0v) is 10.7. The lowest BCUT2D eigenvalue weighted by Gasteiger charge is -2.27. The Labute approximate surface area is 105 Å². The Kier molecular flexibility index (Phi) is 3.95. The van der Waals surface area contributed by atoms with Gasteiger partial charge < -0.3 is 10.4 Å². The van der Waals surface area contributed by atoms with Crippen molar-refractivity contribution in [2.24, 2.45) is 0 Å². The Bertz CT molecular complexity index is 429. The van der Waals surface area contributed by atoms with Crippen molar-refractivity contribution in [1.29, 1.82) is 0 Å². The first-order valence-electron chi connectivity index (χ1n) is 5.14. The van der Waals surface area contributed by atoms with E-state index in [1.807, 2.05) is 0 Å². The molecule has 0 aliphatic carbocycles. The number of non-ortho nitro benzene ring substituents is 1. The number of benzene rings is 1.